The Labute approximate surface area is 119 Å². The fourth-order valence-corrected chi connectivity index (χ4v) is 1.40. The number of amides is 1. The molecule has 0 aliphatic carbocycles. The Morgan fingerprint density at radius 3 is 2.78 bits per heavy atom. The highest BCUT2D eigenvalue weighted by atomic mass is 79.9. The van der Waals surface area contributed by atoms with Crippen LogP contribution in [0.15, 0.2) is 4.99 Å². The molecular formula is C12H23BrN2O3. The van der Waals surface area contributed by atoms with Gasteiger partial charge in [-0.05, 0) is 27.2 Å². The molecule has 0 spiro atoms. The third kappa shape index (κ3) is 8.33. The minimum atomic E-state index is -0.444. The van der Waals surface area contributed by atoms with E-state index in [-0.39, 0.29) is 23.1 Å². The molecule has 1 rings (SSSR count). The molecule has 1 aliphatic heterocycles. The van der Waals surface area contributed by atoms with Crippen LogP contribution in [0.1, 0.15) is 40.0 Å². The first kappa shape index (κ1) is 17.2. The van der Waals surface area contributed by atoms with E-state index in [1.165, 1.54) is 0 Å². The van der Waals surface area contributed by atoms with Crippen LogP contribution in [0.3, 0.4) is 0 Å². The Morgan fingerprint density at radius 1 is 1.50 bits per heavy atom. The molecule has 1 heterocycles. The molecule has 6 heteroatoms. The van der Waals surface area contributed by atoms with Crippen molar-refractivity contribution in [1.82, 2.24) is 5.32 Å². The molecule has 1 N–H and O–H groups in total. The Balaban J connectivity index is 0.00000289. The number of nitrogens with one attached hydrogen (secondary N) is 1. The lowest BCUT2D eigenvalue weighted by atomic mass is 10.2. The lowest BCUT2D eigenvalue weighted by molar-refractivity contribution is 0.0527. The molecule has 0 aromatic carbocycles. The fourth-order valence-electron chi connectivity index (χ4n) is 1.40. The molecule has 0 fully saturated rings. The number of carbonyl (C=O) groups is 1. The summed E-state index contributed by atoms with van der Waals surface area (Å²) in [4.78, 5) is 15.6. The van der Waals surface area contributed by atoms with Gasteiger partial charge in [-0.15, -0.1) is 17.0 Å². The van der Waals surface area contributed by atoms with Crippen molar-refractivity contribution in [2.24, 2.45) is 4.99 Å². The molecule has 0 unspecified atom stereocenters. The van der Waals surface area contributed by atoms with Crippen LogP contribution >= 0.6 is 17.0 Å². The molecule has 0 bridgehead atoms. The van der Waals surface area contributed by atoms with Gasteiger partial charge in [0.2, 0.25) is 0 Å². The van der Waals surface area contributed by atoms with Crippen LogP contribution in [0.4, 0.5) is 4.79 Å². The van der Waals surface area contributed by atoms with Crippen molar-refractivity contribution in [1.29, 1.82) is 0 Å². The molecule has 0 radical (unpaired) electrons. The quantitative estimate of drug-likeness (QED) is 0.809. The zero-order valence-electron chi connectivity index (χ0n) is 11.3. The van der Waals surface area contributed by atoms with Crippen molar-refractivity contribution in [3.63, 3.8) is 0 Å². The number of aliphatic imine (C=N–C) groups is 1. The van der Waals surface area contributed by atoms with Gasteiger partial charge in [0.25, 0.3) is 0 Å². The van der Waals surface area contributed by atoms with Crippen molar-refractivity contribution in [3.05, 3.63) is 0 Å². The maximum Gasteiger partial charge on any atom is 0.407 e. The summed E-state index contributed by atoms with van der Waals surface area (Å²) >= 11 is 0. The van der Waals surface area contributed by atoms with Crippen LogP contribution < -0.4 is 5.32 Å². The normalized spacial score (nSPS) is 14.9. The van der Waals surface area contributed by atoms with Crippen LogP contribution in [0.5, 0.6) is 0 Å². The van der Waals surface area contributed by atoms with Gasteiger partial charge in [0.15, 0.2) is 5.90 Å². The molecule has 18 heavy (non-hydrogen) atoms. The van der Waals surface area contributed by atoms with E-state index in [4.69, 9.17) is 9.47 Å². The van der Waals surface area contributed by atoms with Gasteiger partial charge in [0.05, 0.1) is 6.61 Å². The average molecular weight is 323 g/mol. The van der Waals surface area contributed by atoms with E-state index in [0.717, 1.165) is 38.3 Å². The summed E-state index contributed by atoms with van der Waals surface area (Å²) < 4.78 is 10.5. The van der Waals surface area contributed by atoms with Crippen LogP contribution in [0.25, 0.3) is 0 Å². The van der Waals surface area contributed by atoms with Gasteiger partial charge in [0.1, 0.15) is 5.60 Å². The van der Waals surface area contributed by atoms with E-state index in [1.807, 2.05) is 20.8 Å². The third-order valence-electron chi connectivity index (χ3n) is 2.09. The molecule has 0 aromatic rings. The van der Waals surface area contributed by atoms with Gasteiger partial charge in [-0.3, -0.25) is 4.99 Å². The highest BCUT2D eigenvalue weighted by molar-refractivity contribution is 8.93. The second-order valence-corrected chi connectivity index (χ2v) is 5.01. The average Bonchev–Trinajstić information content (AvgIpc) is 2.23. The van der Waals surface area contributed by atoms with Crippen LogP contribution in [0.2, 0.25) is 0 Å². The van der Waals surface area contributed by atoms with Gasteiger partial charge in [-0.25, -0.2) is 4.79 Å². The van der Waals surface area contributed by atoms with Gasteiger partial charge in [0, 0.05) is 25.9 Å². The Morgan fingerprint density at radius 2 is 2.22 bits per heavy atom. The van der Waals surface area contributed by atoms with E-state index in [9.17, 15) is 4.79 Å². The minimum Gasteiger partial charge on any atom is -0.481 e. The first-order valence-corrected chi connectivity index (χ1v) is 6.10. The number of hydrogen-bond acceptors (Lipinski definition) is 4. The van der Waals surface area contributed by atoms with E-state index < -0.39 is 5.60 Å². The predicted molar refractivity (Wildman–Crippen MR) is 76.7 cm³/mol. The molecular weight excluding hydrogens is 300 g/mol. The first-order valence-electron chi connectivity index (χ1n) is 6.10. The van der Waals surface area contributed by atoms with Crippen LogP contribution in [-0.4, -0.2) is 37.3 Å². The van der Waals surface area contributed by atoms with Crippen LogP contribution in [-0.2, 0) is 9.47 Å². The van der Waals surface area contributed by atoms with E-state index in [2.05, 4.69) is 10.3 Å². The number of alkyl carbamates (subject to hydrolysis) is 1. The maximum absolute atomic E-state index is 11.3. The maximum atomic E-state index is 11.3. The van der Waals surface area contributed by atoms with Gasteiger partial charge in [-0.2, -0.15) is 0 Å². The number of rotatable bonds is 4. The second-order valence-electron chi connectivity index (χ2n) is 5.01. The second kappa shape index (κ2) is 8.34. The number of nitrogens with zero attached hydrogens (tertiary/aromatic N) is 1. The van der Waals surface area contributed by atoms with Gasteiger partial charge >= 0.3 is 6.09 Å². The van der Waals surface area contributed by atoms with E-state index in [1.54, 1.807) is 0 Å². The van der Waals surface area contributed by atoms with Gasteiger partial charge in [-0.1, -0.05) is 0 Å². The zero-order valence-corrected chi connectivity index (χ0v) is 13.0. The Bertz CT molecular complexity index is 288. The molecule has 106 valence electrons. The summed E-state index contributed by atoms with van der Waals surface area (Å²) in [5.41, 5.74) is -0.444. The van der Waals surface area contributed by atoms with Crippen LogP contribution in [0, 0.1) is 0 Å². The summed E-state index contributed by atoms with van der Waals surface area (Å²) in [5, 5.41) is 2.71. The summed E-state index contributed by atoms with van der Waals surface area (Å²) in [6.45, 7) is 7.73. The largest absolute Gasteiger partial charge is 0.481 e. The molecule has 1 aliphatic rings. The topological polar surface area (TPSA) is 59.9 Å². The van der Waals surface area contributed by atoms with Crippen molar-refractivity contribution in [3.8, 4) is 0 Å². The third-order valence-corrected chi connectivity index (χ3v) is 2.09. The number of hydrogen-bond donors (Lipinski definition) is 1. The minimum absolute atomic E-state index is 0. The number of carbonyl (C=O) groups excluding carboxylic acids is 1. The number of halogens is 1. The van der Waals surface area contributed by atoms with Gasteiger partial charge < -0.3 is 14.8 Å². The summed E-state index contributed by atoms with van der Waals surface area (Å²) in [7, 11) is 0. The summed E-state index contributed by atoms with van der Waals surface area (Å²) in [5.74, 6) is 0.808. The molecule has 0 aromatic heterocycles. The molecule has 1 amide bonds. The van der Waals surface area contributed by atoms with E-state index in [0.29, 0.717) is 6.54 Å². The summed E-state index contributed by atoms with van der Waals surface area (Å²) in [6.07, 6.45) is 2.22. The smallest absolute Gasteiger partial charge is 0.407 e. The number of ether oxygens (including phenoxy) is 2. The van der Waals surface area contributed by atoms with Crippen molar-refractivity contribution < 1.29 is 14.3 Å². The summed E-state index contributed by atoms with van der Waals surface area (Å²) in [6, 6.07) is 0. The Kier molecular flexibility index (Phi) is 7.98. The fraction of sp³-hybridized carbons (Fsp3) is 0.833. The molecule has 0 saturated carbocycles. The monoisotopic (exact) mass is 322 g/mol. The Hall–Kier alpha value is -0.780. The standard InChI is InChI=1S/C12H22N2O3.BrH/c1-12(2,3)17-11(15)14-7-4-6-10-13-8-5-9-16-10;/h4-9H2,1-3H3,(H,14,15);1H. The predicted octanol–water partition coefficient (Wildman–Crippen LogP) is 2.69. The van der Waals surface area contributed by atoms with Crippen molar-refractivity contribution in [2.75, 3.05) is 19.7 Å². The van der Waals surface area contributed by atoms with Crippen molar-refractivity contribution in [2.45, 2.75) is 45.6 Å². The SMILES string of the molecule is Br.CC(C)(C)OC(=O)NCCCC1=NCCCO1. The highest BCUT2D eigenvalue weighted by Crippen LogP contribution is 2.06. The van der Waals surface area contributed by atoms with Crippen molar-refractivity contribution >= 4 is 29.0 Å². The lowest BCUT2D eigenvalue weighted by Gasteiger charge is -2.19. The molecule has 0 saturated heterocycles. The lowest BCUT2D eigenvalue weighted by Crippen LogP contribution is -2.33. The highest BCUT2D eigenvalue weighted by Gasteiger charge is 2.15. The molecule has 5 nitrogen and oxygen atoms in total. The molecule has 0 atom stereocenters. The zero-order chi connectivity index (χ0) is 12.7. The van der Waals surface area contributed by atoms with E-state index >= 15 is 0 Å². The first-order chi connectivity index (χ1) is 7.97.